The molecule has 256 valence electrons. The lowest BCUT2D eigenvalue weighted by Crippen LogP contribution is -2.65. The third-order valence-electron chi connectivity index (χ3n) is 12.4. The summed E-state index contributed by atoms with van der Waals surface area (Å²) in [6.07, 6.45) is 4.49. The second kappa shape index (κ2) is 12.7. The number of hydrogen-bond donors (Lipinski definition) is 1. The quantitative estimate of drug-likeness (QED) is 0.347. The highest BCUT2D eigenvalue weighted by Gasteiger charge is 2.68. The van der Waals surface area contributed by atoms with E-state index in [1.807, 2.05) is 32.0 Å². The van der Waals surface area contributed by atoms with Gasteiger partial charge in [0, 0.05) is 38.0 Å². The smallest absolute Gasteiger partial charge is 0.404 e. The molecule has 6 fully saturated rings. The van der Waals surface area contributed by atoms with Crippen LogP contribution in [0.15, 0.2) is 30.3 Å². The van der Waals surface area contributed by atoms with Gasteiger partial charge in [0.25, 0.3) is 5.92 Å². The average Bonchev–Trinajstić information content (AvgIpc) is 3.58. The highest BCUT2D eigenvalue weighted by Crippen LogP contribution is 2.65. The summed E-state index contributed by atoms with van der Waals surface area (Å²) in [5.41, 5.74) is 0.212. The summed E-state index contributed by atoms with van der Waals surface area (Å²) in [7, 11) is -0.552. The van der Waals surface area contributed by atoms with E-state index >= 15 is 0 Å². The van der Waals surface area contributed by atoms with Crippen molar-refractivity contribution >= 4 is 18.9 Å². The summed E-state index contributed by atoms with van der Waals surface area (Å²) < 4.78 is 41.2. The second-order valence-electron chi connectivity index (χ2n) is 16.4. The molecule has 1 aromatic rings. The first kappa shape index (κ1) is 34.3. The number of nitriles is 1. The van der Waals surface area contributed by atoms with E-state index in [1.165, 1.54) is 0 Å². The Morgan fingerprint density at radius 2 is 1.91 bits per heavy atom. The van der Waals surface area contributed by atoms with Crippen molar-refractivity contribution in [2.24, 2.45) is 29.1 Å². The number of amides is 2. The molecule has 7 rings (SSSR count). The van der Waals surface area contributed by atoms with Crippen LogP contribution in [0, 0.1) is 40.4 Å². The summed E-state index contributed by atoms with van der Waals surface area (Å²) >= 11 is 0. The number of benzene rings is 1. The number of hydrogen-bond acceptors (Lipinski definition) is 6. The van der Waals surface area contributed by atoms with E-state index in [1.54, 1.807) is 9.80 Å². The zero-order valence-electron chi connectivity index (χ0n) is 28.6. The molecule has 3 saturated carbocycles. The minimum absolute atomic E-state index is 0.0115. The normalized spacial score (nSPS) is 32.6. The number of nitrogens with zero attached hydrogens (tertiary/aromatic N) is 3. The molecule has 8 nitrogen and oxygen atoms in total. The number of likely N-dealkylation sites (tertiary alicyclic amines) is 2. The van der Waals surface area contributed by atoms with Crippen molar-refractivity contribution in [1.29, 1.82) is 5.26 Å². The number of carbonyl (C=O) groups excluding carboxylic acids is 2. The third-order valence-corrected chi connectivity index (χ3v) is 12.4. The maximum Gasteiger partial charge on any atom is 0.482 e. The molecule has 2 amide bonds. The van der Waals surface area contributed by atoms with E-state index in [0.717, 1.165) is 31.2 Å². The Labute approximate surface area is 279 Å². The molecular formula is C36H51BF2N4O4. The van der Waals surface area contributed by atoms with Gasteiger partial charge in [-0.15, -0.1) is 0 Å². The van der Waals surface area contributed by atoms with E-state index in [9.17, 15) is 23.6 Å². The predicted octanol–water partition coefficient (Wildman–Crippen LogP) is 5.26. The molecule has 1 N–H and O–H groups in total. The van der Waals surface area contributed by atoms with Crippen LogP contribution in [-0.4, -0.2) is 84.0 Å². The standard InChI is InChI=1S/C36H51BF2N4O4/c1-33(2,43-15-13-36(38,39)23-43)20-26(21-40)32(45)42-14-9-12-25(22-42)17-31(44)41-30(16-24-10-7-6-8-11-24)37-46-29-19-27-18-28(34(27,3)4)35(29,5)47-37/h6-8,10-11,25-30H,9,12-20,22-23H2,1-5H3,(H,41,44)/t25-,26?,27-,28-,29+,30-,35-/m0/s1. The van der Waals surface area contributed by atoms with Gasteiger partial charge in [0.15, 0.2) is 0 Å². The van der Waals surface area contributed by atoms with Crippen LogP contribution in [0.5, 0.6) is 0 Å². The van der Waals surface area contributed by atoms with Crippen molar-refractivity contribution in [3.63, 3.8) is 0 Å². The Balaban J connectivity index is 1.08. The first-order valence-electron chi connectivity index (χ1n) is 17.6. The van der Waals surface area contributed by atoms with Crippen molar-refractivity contribution in [3.8, 4) is 6.07 Å². The van der Waals surface area contributed by atoms with Crippen LogP contribution < -0.4 is 5.32 Å². The number of alkyl halides is 2. The van der Waals surface area contributed by atoms with Crippen LogP contribution in [0.3, 0.4) is 0 Å². The molecule has 3 aliphatic heterocycles. The molecule has 11 heteroatoms. The Morgan fingerprint density at radius 1 is 1.17 bits per heavy atom. The molecule has 0 aromatic heterocycles. The molecule has 6 aliphatic rings. The van der Waals surface area contributed by atoms with Crippen molar-refractivity contribution in [2.75, 3.05) is 26.2 Å². The monoisotopic (exact) mass is 652 g/mol. The lowest BCUT2D eigenvalue weighted by Gasteiger charge is -2.64. The highest BCUT2D eigenvalue weighted by molar-refractivity contribution is 6.48. The number of rotatable bonds is 10. The number of carbonyl (C=O) groups is 2. The van der Waals surface area contributed by atoms with E-state index < -0.39 is 24.5 Å². The van der Waals surface area contributed by atoms with E-state index in [-0.39, 0.29) is 73.1 Å². The van der Waals surface area contributed by atoms with Crippen LogP contribution in [0.2, 0.25) is 0 Å². The van der Waals surface area contributed by atoms with Gasteiger partial charge in [-0.3, -0.25) is 14.5 Å². The molecule has 0 radical (unpaired) electrons. The molecule has 3 heterocycles. The number of nitrogens with one attached hydrogen (secondary N) is 1. The molecule has 3 saturated heterocycles. The van der Waals surface area contributed by atoms with Gasteiger partial charge in [-0.25, -0.2) is 8.78 Å². The molecule has 1 aromatic carbocycles. The predicted molar refractivity (Wildman–Crippen MR) is 175 cm³/mol. The van der Waals surface area contributed by atoms with Crippen molar-refractivity contribution in [1.82, 2.24) is 15.1 Å². The Kier molecular flexibility index (Phi) is 9.29. The molecule has 2 bridgehead atoms. The minimum atomic E-state index is -2.74. The minimum Gasteiger partial charge on any atom is -0.404 e. The first-order chi connectivity index (χ1) is 22.1. The lowest BCUT2D eigenvalue weighted by molar-refractivity contribution is -0.199. The van der Waals surface area contributed by atoms with Crippen LogP contribution in [0.25, 0.3) is 0 Å². The van der Waals surface area contributed by atoms with Gasteiger partial charge in [-0.2, -0.15) is 5.26 Å². The molecule has 0 spiro atoms. The van der Waals surface area contributed by atoms with Gasteiger partial charge in [0.1, 0.15) is 5.92 Å². The SMILES string of the molecule is CC1(C)[C@@H]2C[C@H]3OB([C@H](Cc4ccccc4)NC(=O)C[C@@H]4CCCN(C(=O)C(C#N)CC(C)(C)N5CCC(F)(F)C5)C4)O[C@@]3(C)[C@H]1C2. The molecule has 3 aliphatic carbocycles. The van der Waals surface area contributed by atoms with Crippen LogP contribution >= 0.6 is 0 Å². The fourth-order valence-electron chi connectivity index (χ4n) is 9.40. The third kappa shape index (κ3) is 6.84. The van der Waals surface area contributed by atoms with Gasteiger partial charge < -0.3 is 19.5 Å². The van der Waals surface area contributed by atoms with E-state index in [0.29, 0.717) is 31.3 Å². The fraction of sp³-hybridized carbons (Fsp3) is 0.750. The maximum absolute atomic E-state index is 13.9. The largest absolute Gasteiger partial charge is 0.482 e. The number of piperidine rings is 1. The fourth-order valence-corrected chi connectivity index (χ4v) is 9.40. The van der Waals surface area contributed by atoms with Gasteiger partial charge in [0.2, 0.25) is 11.8 Å². The average molecular weight is 653 g/mol. The Hall–Kier alpha value is -2.55. The number of halogens is 2. The summed E-state index contributed by atoms with van der Waals surface area (Å²) in [5, 5.41) is 13.2. The molecule has 7 atom stereocenters. The van der Waals surface area contributed by atoms with Crippen molar-refractivity contribution in [2.45, 2.75) is 115 Å². The molecular weight excluding hydrogens is 601 g/mol. The van der Waals surface area contributed by atoms with E-state index in [2.05, 4.69) is 44.3 Å². The second-order valence-corrected chi connectivity index (χ2v) is 16.4. The summed E-state index contributed by atoms with van der Waals surface area (Å²) in [5.74, 6) is -3.41. The Bertz CT molecular complexity index is 1370. The van der Waals surface area contributed by atoms with Gasteiger partial charge in [-0.05, 0) is 88.0 Å². The highest BCUT2D eigenvalue weighted by atomic mass is 19.3. The Morgan fingerprint density at radius 3 is 2.57 bits per heavy atom. The summed E-state index contributed by atoms with van der Waals surface area (Å²) in [4.78, 5) is 30.6. The first-order valence-corrected chi connectivity index (χ1v) is 17.6. The zero-order valence-corrected chi connectivity index (χ0v) is 28.6. The lowest BCUT2D eigenvalue weighted by atomic mass is 9.43. The van der Waals surface area contributed by atoms with Gasteiger partial charge in [-0.1, -0.05) is 44.2 Å². The molecule has 1 unspecified atom stereocenters. The van der Waals surface area contributed by atoms with Gasteiger partial charge in [0.05, 0.1) is 30.3 Å². The summed E-state index contributed by atoms with van der Waals surface area (Å²) in [6, 6.07) is 12.2. The van der Waals surface area contributed by atoms with Crippen LogP contribution in [0.4, 0.5) is 8.78 Å². The zero-order chi connectivity index (χ0) is 33.8. The van der Waals surface area contributed by atoms with E-state index in [4.69, 9.17) is 9.31 Å². The maximum atomic E-state index is 13.9. The summed E-state index contributed by atoms with van der Waals surface area (Å²) in [6.45, 7) is 11.3. The van der Waals surface area contributed by atoms with Crippen molar-refractivity contribution in [3.05, 3.63) is 35.9 Å². The van der Waals surface area contributed by atoms with Crippen molar-refractivity contribution < 1.29 is 27.7 Å². The van der Waals surface area contributed by atoms with Gasteiger partial charge >= 0.3 is 7.12 Å². The van der Waals surface area contributed by atoms with Crippen LogP contribution in [-0.2, 0) is 25.3 Å². The van der Waals surface area contributed by atoms with Crippen LogP contribution in [0.1, 0.15) is 85.1 Å². The topological polar surface area (TPSA) is 94.9 Å². The molecule has 47 heavy (non-hydrogen) atoms.